The second kappa shape index (κ2) is 8.59. The van der Waals surface area contributed by atoms with E-state index in [2.05, 4.69) is 4.98 Å². The van der Waals surface area contributed by atoms with Gasteiger partial charge in [0.25, 0.3) is 5.56 Å². The number of fused-ring (bicyclic) bond motifs is 2. The van der Waals surface area contributed by atoms with Crippen molar-refractivity contribution in [3.63, 3.8) is 0 Å². The van der Waals surface area contributed by atoms with Crippen molar-refractivity contribution in [1.29, 1.82) is 0 Å². The standard InChI is InChI=1S/C25H23N3O3S/c1-31-20-10-9-19-14-27(11-5-8-18(19)12-20)23(29)15-28-16-26-24-21(25(28)30)13-22(32-24)17-6-3-2-4-7-17/h2-4,6-7,9-10,12-13,16H,5,8,11,14-15H2,1H3. The van der Waals surface area contributed by atoms with Crippen molar-refractivity contribution in [1.82, 2.24) is 14.5 Å². The molecule has 32 heavy (non-hydrogen) atoms. The maximum atomic E-state index is 13.1. The molecule has 0 atom stereocenters. The summed E-state index contributed by atoms with van der Waals surface area (Å²) in [5.74, 6) is 0.760. The molecular formula is C25H23N3O3S. The lowest BCUT2D eigenvalue weighted by molar-refractivity contribution is -0.132. The van der Waals surface area contributed by atoms with E-state index in [1.165, 1.54) is 27.8 Å². The first kappa shape index (κ1) is 20.5. The number of aromatic nitrogens is 2. The first-order valence-electron chi connectivity index (χ1n) is 10.6. The van der Waals surface area contributed by atoms with Gasteiger partial charge < -0.3 is 9.64 Å². The number of benzene rings is 2. The summed E-state index contributed by atoms with van der Waals surface area (Å²) in [7, 11) is 1.66. The molecule has 2 aromatic heterocycles. The molecule has 0 saturated heterocycles. The van der Waals surface area contributed by atoms with Gasteiger partial charge in [-0.25, -0.2) is 4.98 Å². The molecule has 0 radical (unpaired) electrons. The Labute approximate surface area is 189 Å². The third-order valence-electron chi connectivity index (χ3n) is 5.88. The quantitative estimate of drug-likeness (QED) is 0.474. The minimum atomic E-state index is -0.179. The Morgan fingerprint density at radius 1 is 1.12 bits per heavy atom. The van der Waals surface area contributed by atoms with E-state index in [0.29, 0.717) is 23.3 Å². The average molecular weight is 446 g/mol. The fourth-order valence-electron chi connectivity index (χ4n) is 4.14. The fraction of sp³-hybridized carbons (Fsp3) is 0.240. The van der Waals surface area contributed by atoms with Gasteiger partial charge in [-0.2, -0.15) is 0 Å². The number of ether oxygens (including phenoxy) is 1. The van der Waals surface area contributed by atoms with Crippen LogP contribution in [0.2, 0.25) is 0 Å². The summed E-state index contributed by atoms with van der Waals surface area (Å²) in [5, 5.41) is 0.553. The van der Waals surface area contributed by atoms with E-state index in [1.54, 1.807) is 7.11 Å². The molecule has 1 aliphatic heterocycles. The van der Waals surface area contributed by atoms with Crippen LogP contribution in [0.15, 0.2) is 65.7 Å². The van der Waals surface area contributed by atoms with Crippen molar-refractivity contribution in [2.24, 2.45) is 0 Å². The Morgan fingerprint density at radius 3 is 2.78 bits per heavy atom. The molecule has 0 saturated carbocycles. The van der Waals surface area contributed by atoms with Crippen molar-refractivity contribution in [3.8, 4) is 16.2 Å². The number of hydrogen-bond donors (Lipinski definition) is 0. The molecule has 2 aromatic carbocycles. The van der Waals surface area contributed by atoms with Gasteiger partial charge in [0.05, 0.1) is 18.8 Å². The van der Waals surface area contributed by atoms with Crippen molar-refractivity contribution >= 4 is 27.5 Å². The van der Waals surface area contributed by atoms with E-state index < -0.39 is 0 Å². The summed E-state index contributed by atoms with van der Waals surface area (Å²) in [5.41, 5.74) is 3.22. The molecule has 1 amide bonds. The van der Waals surface area contributed by atoms with Crippen LogP contribution in [0.3, 0.4) is 0 Å². The second-order valence-corrected chi connectivity index (χ2v) is 8.96. The molecular weight excluding hydrogens is 422 g/mol. The molecule has 0 spiro atoms. The number of rotatable bonds is 4. The van der Waals surface area contributed by atoms with Crippen molar-refractivity contribution in [2.45, 2.75) is 25.9 Å². The molecule has 5 rings (SSSR count). The van der Waals surface area contributed by atoms with Crippen LogP contribution >= 0.6 is 11.3 Å². The highest BCUT2D eigenvalue weighted by atomic mass is 32.1. The maximum absolute atomic E-state index is 13.1. The summed E-state index contributed by atoms with van der Waals surface area (Å²) in [4.78, 5) is 34.1. The molecule has 4 aromatic rings. The zero-order valence-electron chi connectivity index (χ0n) is 17.8. The van der Waals surface area contributed by atoms with Gasteiger partial charge in [0.15, 0.2) is 0 Å². The SMILES string of the molecule is COc1ccc2c(c1)CCCN(C(=O)Cn1cnc3sc(-c4ccccc4)cc3c1=O)C2. The number of thiophene rings is 1. The van der Waals surface area contributed by atoms with Gasteiger partial charge in [-0.3, -0.25) is 14.2 Å². The molecule has 1 aliphatic rings. The lowest BCUT2D eigenvalue weighted by Gasteiger charge is -2.21. The number of amides is 1. The normalized spacial score (nSPS) is 13.6. The maximum Gasteiger partial charge on any atom is 0.262 e. The van der Waals surface area contributed by atoms with E-state index in [0.717, 1.165) is 34.6 Å². The molecule has 3 heterocycles. The Hall–Kier alpha value is -3.45. The summed E-state index contributed by atoms with van der Waals surface area (Å²) in [6, 6.07) is 17.8. The van der Waals surface area contributed by atoms with Gasteiger partial charge in [-0.15, -0.1) is 11.3 Å². The molecule has 0 aliphatic carbocycles. The third-order valence-corrected chi connectivity index (χ3v) is 6.98. The van der Waals surface area contributed by atoms with Crippen LogP contribution in [0.25, 0.3) is 20.7 Å². The Balaban J connectivity index is 1.38. The first-order valence-corrected chi connectivity index (χ1v) is 11.4. The number of carbonyl (C=O) groups excluding carboxylic acids is 1. The lowest BCUT2D eigenvalue weighted by Crippen LogP contribution is -2.36. The summed E-state index contributed by atoms with van der Waals surface area (Å²) in [6.07, 6.45) is 3.27. The highest BCUT2D eigenvalue weighted by molar-refractivity contribution is 7.21. The van der Waals surface area contributed by atoms with Crippen LogP contribution in [-0.4, -0.2) is 34.0 Å². The minimum absolute atomic E-state index is 0.0101. The van der Waals surface area contributed by atoms with Crippen molar-refractivity contribution < 1.29 is 9.53 Å². The summed E-state index contributed by atoms with van der Waals surface area (Å²) in [6.45, 7) is 1.19. The third kappa shape index (κ3) is 3.91. The van der Waals surface area contributed by atoms with E-state index in [-0.39, 0.29) is 18.0 Å². The summed E-state index contributed by atoms with van der Waals surface area (Å²) >= 11 is 1.49. The number of carbonyl (C=O) groups is 1. The lowest BCUT2D eigenvalue weighted by atomic mass is 10.0. The van der Waals surface area contributed by atoms with Gasteiger partial charge in [0, 0.05) is 18.0 Å². The second-order valence-electron chi connectivity index (χ2n) is 7.93. The smallest absolute Gasteiger partial charge is 0.262 e. The monoisotopic (exact) mass is 445 g/mol. The molecule has 0 N–H and O–H groups in total. The van der Waals surface area contributed by atoms with E-state index in [1.807, 2.05) is 59.5 Å². The number of hydrogen-bond acceptors (Lipinski definition) is 5. The van der Waals surface area contributed by atoms with Gasteiger partial charge in [-0.05, 0) is 47.7 Å². The van der Waals surface area contributed by atoms with Crippen LogP contribution in [0, 0.1) is 0 Å². The Bertz CT molecular complexity index is 1340. The molecule has 6 nitrogen and oxygen atoms in total. The first-order chi connectivity index (χ1) is 15.6. The number of nitrogens with zero attached hydrogens (tertiary/aromatic N) is 3. The topological polar surface area (TPSA) is 64.4 Å². The molecule has 0 bridgehead atoms. The van der Waals surface area contributed by atoms with Gasteiger partial charge in [0.1, 0.15) is 17.1 Å². The molecule has 7 heteroatoms. The predicted octanol–water partition coefficient (Wildman–Crippen LogP) is 4.11. The van der Waals surface area contributed by atoms with Gasteiger partial charge in [0.2, 0.25) is 5.91 Å². The van der Waals surface area contributed by atoms with Crippen molar-refractivity contribution in [2.75, 3.05) is 13.7 Å². The van der Waals surface area contributed by atoms with Crippen LogP contribution in [0.1, 0.15) is 17.5 Å². The van der Waals surface area contributed by atoms with Crippen molar-refractivity contribution in [3.05, 3.63) is 82.4 Å². The highest BCUT2D eigenvalue weighted by Gasteiger charge is 2.21. The Morgan fingerprint density at radius 2 is 1.97 bits per heavy atom. The fourth-order valence-corrected chi connectivity index (χ4v) is 5.13. The average Bonchev–Trinajstić information content (AvgIpc) is 3.15. The zero-order valence-corrected chi connectivity index (χ0v) is 18.6. The zero-order chi connectivity index (χ0) is 22.1. The summed E-state index contributed by atoms with van der Waals surface area (Å²) < 4.78 is 6.75. The van der Waals surface area contributed by atoms with Crippen LogP contribution in [0.5, 0.6) is 5.75 Å². The minimum Gasteiger partial charge on any atom is -0.497 e. The van der Waals surface area contributed by atoms with E-state index >= 15 is 0 Å². The molecule has 0 fully saturated rings. The molecule has 0 unspecified atom stereocenters. The van der Waals surface area contributed by atoms with Crippen LogP contribution in [-0.2, 0) is 24.3 Å². The highest BCUT2D eigenvalue weighted by Crippen LogP contribution is 2.30. The largest absolute Gasteiger partial charge is 0.497 e. The molecule has 162 valence electrons. The number of methoxy groups -OCH3 is 1. The van der Waals surface area contributed by atoms with Crippen LogP contribution in [0.4, 0.5) is 0 Å². The van der Waals surface area contributed by atoms with E-state index in [9.17, 15) is 9.59 Å². The van der Waals surface area contributed by atoms with Crippen LogP contribution < -0.4 is 10.3 Å². The Kier molecular flexibility index (Phi) is 5.49. The van der Waals surface area contributed by atoms with Gasteiger partial charge in [-0.1, -0.05) is 36.4 Å². The number of aryl methyl sites for hydroxylation is 1. The van der Waals surface area contributed by atoms with Gasteiger partial charge >= 0.3 is 0 Å². The predicted molar refractivity (Wildman–Crippen MR) is 126 cm³/mol. The van der Waals surface area contributed by atoms with E-state index in [4.69, 9.17) is 4.74 Å².